The van der Waals surface area contributed by atoms with E-state index in [4.69, 9.17) is 10.8 Å². The predicted molar refractivity (Wildman–Crippen MR) is 60.0 cm³/mol. The van der Waals surface area contributed by atoms with Crippen molar-refractivity contribution in [3.63, 3.8) is 0 Å². The Hall–Kier alpha value is -1.73. The standard InChI is InChI=1S/C11H14F2N2O3/c12-11(13)18-9-4-2-1-3-7(9)5-15-6-8(16)10(14)17/h1-4,8,11,15-16H,5-6H2,(H2,14,17). The van der Waals surface area contributed by atoms with E-state index in [9.17, 15) is 13.6 Å². The Balaban J connectivity index is 2.53. The van der Waals surface area contributed by atoms with Crippen LogP contribution in [-0.2, 0) is 11.3 Å². The molecule has 1 unspecified atom stereocenters. The Kier molecular flexibility index (Phi) is 5.47. The van der Waals surface area contributed by atoms with Crippen LogP contribution >= 0.6 is 0 Å². The highest BCUT2D eigenvalue weighted by Crippen LogP contribution is 2.19. The van der Waals surface area contributed by atoms with E-state index in [0.29, 0.717) is 5.56 Å². The Bertz CT molecular complexity index is 402. The monoisotopic (exact) mass is 260 g/mol. The van der Waals surface area contributed by atoms with E-state index in [1.54, 1.807) is 18.2 Å². The molecule has 0 aliphatic carbocycles. The summed E-state index contributed by atoms with van der Waals surface area (Å²) in [7, 11) is 0. The Morgan fingerprint density at radius 2 is 2.11 bits per heavy atom. The van der Waals surface area contributed by atoms with Crippen molar-refractivity contribution in [2.24, 2.45) is 5.73 Å². The van der Waals surface area contributed by atoms with Gasteiger partial charge in [0.2, 0.25) is 5.91 Å². The highest BCUT2D eigenvalue weighted by atomic mass is 19.3. The lowest BCUT2D eigenvalue weighted by atomic mass is 10.2. The van der Waals surface area contributed by atoms with Crippen LogP contribution in [0.25, 0.3) is 0 Å². The van der Waals surface area contributed by atoms with Gasteiger partial charge in [-0.05, 0) is 6.07 Å². The molecule has 1 atom stereocenters. The smallest absolute Gasteiger partial charge is 0.387 e. The number of aliphatic hydroxyl groups is 1. The maximum Gasteiger partial charge on any atom is 0.387 e. The Morgan fingerprint density at radius 1 is 1.44 bits per heavy atom. The first-order valence-corrected chi connectivity index (χ1v) is 5.21. The molecule has 7 heteroatoms. The van der Waals surface area contributed by atoms with Crippen molar-refractivity contribution in [1.29, 1.82) is 0 Å². The van der Waals surface area contributed by atoms with Crippen LogP contribution in [-0.4, -0.2) is 30.3 Å². The van der Waals surface area contributed by atoms with Gasteiger partial charge in [0.1, 0.15) is 11.9 Å². The lowest BCUT2D eigenvalue weighted by Gasteiger charge is -2.12. The van der Waals surface area contributed by atoms with Crippen molar-refractivity contribution >= 4 is 5.91 Å². The summed E-state index contributed by atoms with van der Waals surface area (Å²) in [5.41, 5.74) is 5.35. The van der Waals surface area contributed by atoms with Gasteiger partial charge >= 0.3 is 6.61 Å². The van der Waals surface area contributed by atoms with Gasteiger partial charge in [-0.25, -0.2) is 0 Å². The molecule has 0 heterocycles. The third kappa shape index (κ3) is 4.64. The number of ether oxygens (including phenoxy) is 1. The molecule has 0 aliphatic heterocycles. The van der Waals surface area contributed by atoms with Gasteiger partial charge in [0, 0.05) is 18.7 Å². The number of halogens is 2. The quantitative estimate of drug-likeness (QED) is 0.655. The largest absolute Gasteiger partial charge is 0.434 e. The number of rotatable bonds is 7. The summed E-state index contributed by atoms with van der Waals surface area (Å²) in [5.74, 6) is -0.798. The molecule has 0 saturated heterocycles. The molecule has 18 heavy (non-hydrogen) atoms. The van der Waals surface area contributed by atoms with E-state index in [1.165, 1.54) is 6.07 Å². The summed E-state index contributed by atoms with van der Waals surface area (Å²) in [5, 5.41) is 11.9. The Morgan fingerprint density at radius 3 is 2.72 bits per heavy atom. The van der Waals surface area contributed by atoms with E-state index in [2.05, 4.69) is 10.1 Å². The maximum absolute atomic E-state index is 12.1. The minimum absolute atomic E-state index is 0.0496. The SMILES string of the molecule is NC(=O)C(O)CNCc1ccccc1OC(F)F. The molecule has 1 rings (SSSR count). The molecule has 0 fully saturated rings. The molecule has 5 nitrogen and oxygen atoms in total. The van der Waals surface area contributed by atoms with Gasteiger partial charge in [-0.3, -0.25) is 4.79 Å². The zero-order valence-corrected chi connectivity index (χ0v) is 9.48. The fourth-order valence-electron chi connectivity index (χ4n) is 1.30. The van der Waals surface area contributed by atoms with E-state index >= 15 is 0 Å². The molecule has 1 aromatic rings. The van der Waals surface area contributed by atoms with E-state index in [-0.39, 0.29) is 18.8 Å². The molecule has 0 aromatic heterocycles. The number of benzene rings is 1. The van der Waals surface area contributed by atoms with Gasteiger partial charge in [-0.15, -0.1) is 0 Å². The molecule has 1 amide bonds. The van der Waals surface area contributed by atoms with Crippen molar-refractivity contribution in [1.82, 2.24) is 5.32 Å². The molecule has 0 bridgehead atoms. The second-order valence-electron chi connectivity index (χ2n) is 3.54. The number of primary amides is 1. The second kappa shape index (κ2) is 6.87. The highest BCUT2D eigenvalue weighted by Gasteiger charge is 2.11. The fraction of sp³-hybridized carbons (Fsp3) is 0.364. The third-order valence-corrected chi connectivity index (χ3v) is 2.17. The maximum atomic E-state index is 12.1. The molecular weight excluding hydrogens is 246 g/mol. The zero-order chi connectivity index (χ0) is 13.5. The number of hydrogen-bond donors (Lipinski definition) is 3. The van der Waals surface area contributed by atoms with E-state index in [1.807, 2.05) is 0 Å². The number of hydrogen-bond acceptors (Lipinski definition) is 4. The number of carbonyl (C=O) groups is 1. The molecule has 0 saturated carbocycles. The lowest BCUT2D eigenvalue weighted by Crippen LogP contribution is -2.37. The first kappa shape index (κ1) is 14.3. The van der Waals surface area contributed by atoms with Crippen LogP contribution in [0.2, 0.25) is 0 Å². The van der Waals surface area contributed by atoms with E-state index < -0.39 is 18.6 Å². The van der Waals surface area contributed by atoms with Gasteiger partial charge in [0.15, 0.2) is 0 Å². The van der Waals surface area contributed by atoms with Crippen molar-refractivity contribution < 1.29 is 23.4 Å². The lowest BCUT2D eigenvalue weighted by molar-refractivity contribution is -0.125. The normalized spacial score (nSPS) is 12.4. The summed E-state index contributed by atoms with van der Waals surface area (Å²) >= 11 is 0. The topological polar surface area (TPSA) is 84.6 Å². The minimum atomic E-state index is -2.90. The number of nitrogens with two attached hydrogens (primary N) is 1. The molecule has 0 radical (unpaired) electrons. The van der Waals surface area contributed by atoms with Crippen LogP contribution in [0.1, 0.15) is 5.56 Å². The van der Waals surface area contributed by atoms with Gasteiger partial charge < -0.3 is 20.9 Å². The molecule has 0 aliphatic rings. The second-order valence-corrected chi connectivity index (χ2v) is 3.54. The van der Waals surface area contributed by atoms with Crippen LogP contribution in [0.15, 0.2) is 24.3 Å². The zero-order valence-electron chi connectivity index (χ0n) is 9.48. The third-order valence-electron chi connectivity index (χ3n) is 2.17. The molecule has 4 N–H and O–H groups in total. The number of aliphatic hydroxyl groups excluding tert-OH is 1. The number of carbonyl (C=O) groups excluding carboxylic acids is 1. The van der Waals surface area contributed by atoms with E-state index in [0.717, 1.165) is 0 Å². The van der Waals surface area contributed by atoms with Crippen LogP contribution in [0.3, 0.4) is 0 Å². The van der Waals surface area contributed by atoms with Crippen LogP contribution < -0.4 is 15.8 Å². The molecular formula is C11H14F2N2O3. The van der Waals surface area contributed by atoms with Crippen molar-refractivity contribution in [3.8, 4) is 5.75 Å². The van der Waals surface area contributed by atoms with Crippen molar-refractivity contribution in [3.05, 3.63) is 29.8 Å². The fourth-order valence-corrected chi connectivity index (χ4v) is 1.30. The van der Waals surface area contributed by atoms with Gasteiger partial charge in [-0.2, -0.15) is 8.78 Å². The average Bonchev–Trinajstić information content (AvgIpc) is 2.30. The number of nitrogens with one attached hydrogen (secondary N) is 1. The number of para-hydroxylation sites is 1. The predicted octanol–water partition coefficient (Wildman–Crippen LogP) is 0.224. The van der Waals surface area contributed by atoms with Crippen LogP contribution in [0, 0.1) is 0 Å². The number of amides is 1. The summed E-state index contributed by atoms with van der Waals surface area (Å²) in [4.78, 5) is 10.6. The summed E-state index contributed by atoms with van der Waals surface area (Å²) < 4.78 is 28.5. The molecule has 1 aromatic carbocycles. The Labute approximate surface area is 103 Å². The first-order chi connectivity index (χ1) is 8.50. The summed E-state index contributed by atoms with van der Waals surface area (Å²) in [6.45, 7) is -2.78. The average molecular weight is 260 g/mol. The van der Waals surface area contributed by atoms with Crippen molar-refractivity contribution in [2.75, 3.05) is 6.54 Å². The molecule has 0 spiro atoms. The van der Waals surface area contributed by atoms with Crippen LogP contribution in [0.4, 0.5) is 8.78 Å². The highest BCUT2D eigenvalue weighted by molar-refractivity contribution is 5.78. The summed E-state index contributed by atoms with van der Waals surface area (Å²) in [6, 6.07) is 6.24. The number of alkyl halides is 2. The van der Waals surface area contributed by atoms with Crippen LogP contribution in [0.5, 0.6) is 5.75 Å². The first-order valence-electron chi connectivity index (χ1n) is 5.21. The van der Waals surface area contributed by atoms with Crippen molar-refractivity contribution in [2.45, 2.75) is 19.3 Å². The molecule has 100 valence electrons. The van der Waals surface area contributed by atoms with Gasteiger partial charge in [0.25, 0.3) is 0 Å². The van der Waals surface area contributed by atoms with Gasteiger partial charge in [0.05, 0.1) is 0 Å². The van der Waals surface area contributed by atoms with Gasteiger partial charge in [-0.1, -0.05) is 18.2 Å². The summed E-state index contributed by atoms with van der Waals surface area (Å²) in [6.07, 6.45) is -1.31. The minimum Gasteiger partial charge on any atom is -0.434 e.